The van der Waals surface area contributed by atoms with Crippen LogP contribution in [0.2, 0.25) is 0 Å². The number of rotatable bonds is 4. The zero-order chi connectivity index (χ0) is 21.3. The summed E-state index contributed by atoms with van der Waals surface area (Å²) < 4.78 is 10.8. The summed E-state index contributed by atoms with van der Waals surface area (Å²) in [5.41, 5.74) is 9.85. The van der Waals surface area contributed by atoms with E-state index < -0.39 is 0 Å². The minimum atomic E-state index is -0.0859. The van der Waals surface area contributed by atoms with E-state index in [9.17, 15) is 4.79 Å². The van der Waals surface area contributed by atoms with Crippen LogP contribution in [0.3, 0.4) is 0 Å². The number of nitrogen functional groups attached to an aromatic ring is 1. The molecule has 1 amide bonds. The van der Waals surface area contributed by atoms with Gasteiger partial charge >= 0.3 is 0 Å². The van der Waals surface area contributed by atoms with Gasteiger partial charge < -0.3 is 20.1 Å². The maximum absolute atomic E-state index is 12.7. The average Bonchev–Trinajstić information content (AvgIpc) is 2.78. The number of likely N-dealkylation sites (tertiary alicyclic amines) is 1. The van der Waals surface area contributed by atoms with Crippen LogP contribution >= 0.6 is 0 Å². The highest BCUT2D eigenvalue weighted by Crippen LogP contribution is 2.36. The smallest absolute Gasteiger partial charge is 0.274 e. The van der Waals surface area contributed by atoms with E-state index in [0.717, 1.165) is 35.1 Å². The van der Waals surface area contributed by atoms with Crippen molar-refractivity contribution in [2.45, 2.75) is 25.7 Å². The lowest BCUT2D eigenvalue weighted by Crippen LogP contribution is -2.38. The van der Waals surface area contributed by atoms with Crippen molar-refractivity contribution in [2.24, 2.45) is 0 Å². The number of nitrogens with two attached hydrogens (primary N) is 1. The molecule has 1 aromatic carbocycles. The van der Waals surface area contributed by atoms with Gasteiger partial charge in [0, 0.05) is 36.7 Å². The highest BCUT2D eigenvalue weighted by atomic mass is 16.5. The summed E-state index contributed by atoms with van der Waals surface area (Å²) in [6.45, 7) is 3.10. The monoisotopic (exact) mass is 407 g/mol. The molecule has 0 unspecified atom stereocenters. The van der Waals surface area contributed by atoms with Gasteiger partial charge in [-0.05, 0) is 31.9 Å². The lowest BCUT2D eigenvalue weighted by Gasteiger charge is -2.32. The summed E-state index contributed by atoms with van der Waals surface area (Å²) in [6.07, 6.45) is 4.74. The van der Waals surface area contributed by atoms with Crippen LogP contribution in [0.5, 0.6) is 11.5 Å². The number of amides is 1. The van der Waals surface area contributed by atoms with Crippen LogP contribution in [0, 0.1) is 6.92 Å². The van der Waals surface area contributed by atoms with Crippen molar-refractivity contribution < 1.29 is 14.3 Å². The van der Waals surface area contributed by atoms with E-state index in [1.54, 1.807) is 20.4 Å². The first-order valence-electron chi connectivity index (χ1n) is 9.90. The van der Waals surface area contributed by atoms with E-state index in [1.807, 2.05) is 30.0 Å². The first-order valence-corrected chi connectivity index (χ1v) is 9.90. The van der Waals surface area contributed by atoms with Crippen molar-refractivity contribution in [2.75, 3.05) is 33.0 Å². The van der Waals surface area contributed by atoms with Gasteiger partial charge in [-0.1, -0.05) is 0 Å². The summed E-state index contributed by atoms with van der Waals surface area (Å²) in [5, 5.41) is 0.902. The van der Waals surface area contributed by atoms with Crippen LogP contribution in [-0.4, -0.2) is 53.1 Å². The summed E-state index contributed by atoms with van der Waals surface area (Å²) in [4.78, 5) is 27.7. The molecule has 1 fully saturated rings. The van der Waals surface area contributed by atoms with Crippen LogP contribution in [0.4, 0.5) is 5.69 Å². The second-order valence-electron chi connectivity index (χ2n) is 7.47. The number of pyridine rings is 1. The van der Waals surface area contributed by atoms with Crippen LogP contribution in [-0.2, 0) is 0 Å². The molecule has 0 radical (unpaired) electrons. The molecule has 1 saturated heterocycles. The first-order chi connectivity index (χ1) is 14.5. The van der Waals surface area contributed by atoms with Gasteiger partial charge in [0.1, 0.15) is 5.69 Å². The number of ether oxygens (including phenoxy) is 2. The zero-order valence-electron chi connectivity index (χ0n) is 17.4. The highest BCUT2D eigenvalue weighted by molar-refractivity contribution is 5.92. The molecule has 0 aliphatic carbocycles. The Bertz CT molecular complexity index is 1080. The number of hydrogen-bond donors (Lipinski definition) is 1. The molecule has 2 N–H and O–H groups in total. The Kier molecular flexibility index (Phi) is 5.39. The summed E-state index contributed by atoms with van der Waals surface area (Å²) in [7, 11) is 3.21. The molecule has 8 nitrogen and oxygen atoms in total. The van der Waals surface area contributed by atoms with Crippen LogP contribution in [0.25, 0.3) is 10.9 Å². The number of fused-ring (bicyclic) bond motifs is 1. The Hall–Kier alpha value is -3.42. The van der Waals surface area contributed by atoms with Crippen molar-refractivity contribution in [1.29, 1.82) is 0 Å². The molecule has 0 atom stereocenters. The van der Waals surface area contributed by atoms with Crippen LogP contribution in [0.15, 0.2) is 30.6 Å². The summed E-state index contributed by atoms with van der Waals surface area (Å²) in [6, 6.07) is 5.68. The number of benzene rings is 1. The number of methoxy groups -OCH3 is 2. The Balaban J connectivity index is 1.53. The average molecular weight is 407 g/mol. The second-order valence-corrected chi connectivity index (χ2v) is 7.47. The molecule has 4 rings (SSSR count). The molecular formula is C22H25N5O3. The van der Waals surface area contributed by atoms with Crippen LogP contribution in [0.1, 0.15) is 40.6 Å². The van der Waals surface area contributed by atoms with Gasteiger partial charge in [0.15, 0.2) is 11.5 Å². The largest absolute Gasteiger partial charge is 0.493 e. The molecule has 8 heteroatoms. The third kappa shape index (κ3) is 3.72. The molecule has 3 aromatic rings. The molecule has 0 spiro atoms. The minimum Gasteiger partial charge on any atom is -0.493 e. The van der Waals surface area contributed by atoms with Crippen LogP contribution < -0.4 is 15.2 Å². The Morgan fingerprint density at radius 1 is 1.07 bits per heavy atom. The fourth-order valence-corrected chi connectivity index (χ4v) is 3.88. The van der Waals surface area contributed by atoms with Gasteiger partial charge in [0.2, 0.25) is 0 Å². The molecule has 30 heavy (non-hydrogen) atoms. The highest BCUT2D eigenvalue weighted by Gasteiger charge is 2.27. The van der Waals surface area contributed by atoms with Crippen molar-refractivity contribution >= 4 is 22.5 Å². The third-order valence-electron chi connectivity index (χ3n) is 5.55. The minimum absolute atomic E-state index is 0.0859. The maximum Gasteiger partial charge on any atom is 0.274 e. The molecule has 2 aromatic heterocycles. The maximum atomic E-state index is 12.7. The number of carbonyl (C=O) groups excluding carboxylic acids is 1. The van der Waals surface area contributed by atoms with E-state index >= 15 is 0 Å². The summed E-state index contributed by atoms with van der Waals surface area (Å²) in [5.74, 6) is 1.38. The lowest BCUT2D eigenvalue weighted by molar-refractivity contribution is 0.0706. The van der Waals surface area contributed by atoms with E-state index in [4.69, 9.17) is 20.2 Å². The van der Waals surface area contributed by atoms with Gasteiger partial charge in [-0.3, -0.25) is 14.8 Å². The van der Waals surface area contributed by atoms with E-state index in [-0.39, 0.29) is 11.8 Å². The molecule has 156 valence electrons. The number of nitrogens with zero attached hydrogens (tertiary/aromatic N) is 4. The van der Waals surface area contributed by atoms with E-state index in [0.29, 0.717) is 36.0 Å². The Morgan fingerprint density at radius 3 is 2.40 bits per heavy atom. The lowest BCUT2D eigenvalue weighted by atomic mass is 9.91. The van der Waals surface area contributed by atoms with E-state index in [2.05, 4.69) is 9.97 Å². The van der Waals surface area contributed by atoms with Gasteiger partial charge in [0.25, 0.3) is 5.91 Å². The molecule has 0 saturated carbocycles. The summed E-state index contributed by atoms with van der Waals surface area (Å²) >= 11 is 0. The van der Waals surface area contributed by atoms with Gasteiger partial charge in [-0.25, -0.2) is 4.98 Å². The Morgan fingerprint density at radius 2 is 1.77 bits per heavy atom. The van der Waals surface area contributed by atoms with Gasteiger partial charge in [-0.2, -0.15) is 0 Å². The first kappa shape index (κ1) is 19.9. The standard InChI is InChI=1S/C22H25N5O3/c1-13-11-25-18(12-24-13)22(28)27-6-4-14(5-7-27)21-16(23)8-15-9-19(29-2)20(30-3)10-17(15)26-21/h8-12,14H,4-7,23H2,1-3H3. The number of hydrogen-bond acceptors (Lipinski definition) is 7. The van der Waals surface area contributed by atoms with Crippen molar-refractivity contribution in [3.63, 3.8) is 0 Å². The van der Waals surface area contributed by atoms with Gasteiger partial charge in [-0.15, -0.1) is 0 Å². The molecule has 3 heterocycles. The topological polar surface area (TPSA) is 103 Å². The number of aromatic nitrogens is 3. The predicted octanol–water partition coefficient (Wildman–Crippen LogP) is 2.95. The number of anilines is 1. The molecular weight excluding hydrogens is 382 g/mol. The number of piperidine rings is 1. The van der Waals surface area contributed by atoms with Gasteiger partial charge in [0.05, 0.1) is 43.0 Å². The molecule has 1 aliphatic rings. The molecule has 1 aliphatic heterocycles. The fraction of sp³-hybridized carbons (Fsp3) is 0.364. The van der Waals surface area contributed by atoms with Crippen molar-refractivity contribution in [1.82, 2.24) is 19.9 Å². The van der Waals surface area contributed by atoms with Crippen molar-refractivity contribution in [3.8, 4) is 11.5 Å². The molecule has 0 bridgehead atoms. The SMILES string of the molecule is COc1cc2cc(N)c(C3CCN(C(=O)c4cnc(C)cn4)CC3)nc2cc1OC. The normalized spacial score (nSPS) is 14.7. The zero-order valence-corrected chi connectivity index (χ0v) is 17.4. The third-order valence-corrected chi connectivity index (χ3v) is 5.55. The fourth-order valence-electron chi connectivity index (χ4n) is 3.88. The second kappa shape index (κ2) is 8.14. The van der Waals surface area contributed by atoms with Crippen molar-refractivity contribution in [3.05, 3.63) is 47.7 Å². The van der Waals surface area contributed by atoms with E-state index in [1.165, 1.54) is 6.20 Å². The quantitative estimate of drug-likeness (QED) is 0.709. The number of carbonyl (C=O) groups is 1. The number of aryl methyl sites for hydroxylation is 1. The predicted molar refractivity (Wildman–Crippen MR) is 114 cm³/mol. The Labute approximate surface area is 175 Å².